The van der Waals surface area contributed by atoms with E-state index in [-0.39, 0.29) is 13.0 Å². The summed E-state index contributed by atoms with van der Waals surface area (Å²) >= 11 is 0. The number of aliphatic hydroxyl groups is 1. The maximum atomic E-state index is 12.8. The summed E-state index contributed by atoms with van der Waals surface area (Å²) in [5, 5.41) is 24.9. The lowest BCUT2D eigenvalue weighted by Crippen LogP contribution is -2.50. The molecule has 0 spiro atoms. The molecule has 8 heteroatoms. The minimum absolute atomic E-state index is 0.0917. The van der Waals surface area contributed by atoms with Crippen LogP contribution >= 0.6 is 0 Å². The molecule has 0 bridgehead atoms. The number of hydrogen-bond acceptors (Lipinski definition) is 5. The average Bonchev–Trinajstić information content (AvgIpc) is 3.00. The number of ether oxygens (including phenoxy) is 1. The fourth-order valence-electron chi connectivity index (χ4n) is 5.12. The second-order valence-electron chi connectivity index (χ2n) is 11.9. The van der Waals surface area contributed by atoms with Gasteiger partial charge < -0.3 is 25.2 Å². The van der Waals surface area contributed by atoms with E-state index in [0.29, 0.717) is 12.8 Å². The van der Waals surface area contributed by atoms with E-state index in [4.69, 9.17) is 4.74 Å². The number of rotatable bonds is 12. The van der Waals surface area contributed by atoms with Gasteiger partial charge in [-0.15, -0.1) is 0 Å². The van der Waals surface area contributed by atoms with Gasteiger partial charge in [-0.1, -0.05) is 91.0 Å². The third-order valence-electron chi connectivity index (χ3n) is 7.25. The van der Waals surface area contributed by atoms with Crippen LogP contribution in [0.25, 0.3) is 11.3 Å². The number of carboxylic acid groups (broad SMARTS) is 1. The minimum atomic E-state index is -1.09. The van der Waals surface area contributed by atoms with Crippen molar-refractivity contribution in [1.82, 2.24) is 15.2 Å². The van der Waals surface area contributed by atoms with Gasteiger partial charge in [-0.05, 0) is 68.9 Å². The lowest BCUT2D eigenvalue weighted by atomic mass is 9.92. The lowest BCUT2D eigenvalue weighted by Gasteiger charge is -2.34. The first-order valence-corrected chi connectivity index (χ1v) is 14.8. The van der Waals surface area contributed by atoms with Gasteiger partial charge >= 0.3 is 12.2 Å². The van der Waals surface area contributed by atoms with Gasteiger partial charge in [0.1, 0.15) is 5.60 Å². The molecule has 2 amide bonds. The molecule has 1 heterocycles. The summed E-state index contributed by atoms with van der Waals surface area (Å²) in [5.41, 5.74) is 3.77. The predicted octanol–water partition coefficient (Wildman–Crippen LogP) is 6.73. The first-order chi connectivity index (χ1) is 21.1. The van der Waals surface area contributed by atoms with Crippen molar-refractivity contribution in [2.45, 2.75) is 70.4 Å². The van der Waals surface area contributed by atoms with Crippen LogP contribution in [0.3, 0.4) is 0 Å². The standard InChI is InChI=1S/C36H41N3O5/c1-36(2,3)44-34(41)38-32(23-26-12-6-4-7-13-26)33(40)24-30(39(35(42)43)25-28-14-8-5-9-15-28)22-27-17-19-29(20-18-27)31-16-10-11-21-37-31/h4-21,30,32-33,40H,22-25H2,1-3H3,(H,38,41)(H,42,43)/t30-,32-,33-/m0/s1. The van der Waals surface area contributed by atoms with Crippen LogP contribution in [0.2, 0.25) is 0 Å². The Labute approximate surface area is 259 Å². The van der Waals surface area contributed by atoms with Crippen LogP contribution in [-0.4, -0.2) is 56.1 Å². The topological polar surface area (TPSA) is 112 Å². The van der Waals surface area contributed by atoms with Crippen LogP contribution in [0.1, 0.15) is 43.9 Å². The highest BCUT2D eigenvalue weighted by atomic mass is 16.6. The van der Waals surface area contributed by atoms with E-state index < -0.39 is 36.0 Å². The molecule has 3 atom stereocenters. The van der Waals surface area contributed by atoms with Crippen LogP contribution in [0.5, 0.6) is 0 Å². The van der Waals surface area contributed by atoms with E-state index in [1.807, 2.05) is 103 Å². The van der Waals surface area contributed by atoms with Gasteiger partial charge in [0.2, 0.25) is 0 Å². The van der Waals surface area contributed by atoms with Gasteiger partial charge in [-0.25, -0.2) is 9.59 Å². The summed E-state index contributed by atoms with van der Waals surface area (Å²) in [5.74, 6) is 0. The van der Waals surface area contributed by atoms with Crippen molar-refractivity contribution in [3.8, 4) is 11.3 Å². The van der Waals surface area contributed by atoms with Gasteiger partial charge in [-0.2, -0.15) is 0 Å². The molecule has 230 valence electrons. The minimum Gasteiger partial charge on any atom is -0.465 e. The molecule has 0 aliphatic carbocycles. The zero-order chi connectivity index (χ0) is 31.5. The molecule has 0 saturated heterocycles. The summed E-state index contributed by atoms with van der Waals surface area (Å²) in [6, 6.07) is 31.2. The van der Waals surface area contributed by atoms with Crippen LogP contribution in [0.15, 0.2) is 109 Å². The van der Waals surface area contributed by atoms with Crippen molar-refractivity contribution in [2.75, 3.05) is 0 Å². The second kappa shape index (κ2) is 15.2. The molecule has 4 aromatic rings. The molecule has 0 saturated carbocycles. The van der Waals surface area contributed by atoms with Crippen LogP contribution < -0.4 is 5.32 Å². The molecule has 0 aliphatic heterocycles. The normalized spacial score (nSPS) is 13.4. The summed E-state index contributed by atoms with van der Waals surface area (Å²) in [6.07, 6.45) is -0.255. The van der Waals surface area contributed by atoms with E-state index in [1.54, 1.807) is 27.0 Å². The Morgan fingerprint density at radius 3 is 1.98 bits per heavy atom. The highest BCUT2D eigenvalue weighted by Gasteiger charge is 2.31. The van der Waals surface area contributed by atoms with Crippen LogP contribution in [-0.2, 0) is 24.1 Å². The maximum Gasteiger partial charge on any atom is 0.407 e. The van der Waals surface area contributed by atoms with E-state index in [9.17, 15) is 19.8 Å². The second-order valence-corrected chi connectivity index (χ2v) is 11.9. The fraction of sp³-hybridized carbons (Fsp3) is 0.306. The van der Waals surface area contributed by atoms with Gasteiger partial charge in [0.25, 0.3) is 0 Å². The number of alkyl carbamates (subject to hydrolysis) is 1. The van der Waals surface area contributed by atoms with Gasteiger partial charge in [0, 0.05) is 24.3 Å². The fourth-order valence-corrected chi connectivity index (χ4v) is 5.12. The molecule has 0 radical (unpaired) electrons. The highest BCUT2D eigenvalue weighted by molar-refractivity contribution is 5.68. The molecule has 0 aliphatic rings. The molecular weight excluding hydrogens is 554 g/mol. The van der Waals surface area contributed by atoms with E-state index in [1.165, 1.54) is 4.90 Å². The Morgan fingerprint density at radius 2 is 1.41 bits per heavy atom. The Kier molecular flexibility index (Phi) is 11.1. The number of carbonyl (C=O) groups excluding carboxylic acids is 1. The lowest BCUT2D eigenvalue weighted by molar-refractivity contribution is 0.0351. The van der Waals surface area contributed by atoms with Crippen LogP contribution in [0.4, 0.5) is 9.59 Å². The summed E-state index contributed by atoms with van der Waals surface area (Å²) < 4.78 is 5.50. The van der Waals surface area contributed by atoms with E-state index in [0.717, 1.165) is 27.9 Å². The molecule has 3 N–H and O–H groups in total. The first-order valence-electron chi connectivity index (χ1n) is 14.8. The maximum absolute atomic E-state index is 12.8. The number of aliphatic hydroxyl groups excluding tert-OH is 1. The summed E-state index contributed by atoms with van der Waals surface area (Å²) in [6.45, 7) is 5.48. The number of nitrogens with zero attached hydrogens (tertiary/aromatic N) is 2. The average molecular weight is 596 g/mol. The van der Waals surface area contributed by atoms with Crippen molar-refractivity contribution >= 4 is 12.2 Å². The molecule has 0 unspecified atom stereocenters. The number of carbonyl (C=O) groups is 2. The molecule has 3 aromatic carbocycles. The zero-order valence-corrected chi connectivity index (χ0v) is 25.5. The molecule has 1 aromatic heterocycles. The molecule has 4 rings (SSSR count). The number of amides is 2. The van der Waals surface area contributed by atoms with Crippen molar-refractivity contribution in [3.05, 3.63) is 126 Å². The number of benzene rings is 3. The van der Waals surface area contributed by atoms with Crippen molar-refractivity contribution in [3.63, 3.8) is 0 Å². The molecule has 0 fully saturated rings. The van der Waals surface area contributed by atoms with Gasteiger partial charge in [-0.3, -0.25) is 4.98 Å². The smallest absolute Gasteiger partial charge is 0.407 e. The predicted molar refractivity (Wildman–Crippen MR) is 171 cm³/mol. The van der Waals surface area contributed by atoms with E-state index in [2.05, 4.69) is 10.3 Å². The van der Waals surface area contributed by atoms with Crippen molar-refractivity contribution in [2.24, 2.45) is 0 Å². The quantitative estimate of drug-likeness (QED) is 0.168. The van der Waals surface area contributed by atoms with Gasteiger partial charge in [0.05, 0.1) is 17.8 Å². The summed E-state index contributed by atoms with van der Waals surface area (Å²) in [4.78, 5) is 31.3. The zero-order valence-electron chi connectivity index (χ0n) is 25.5. The highest BCUT2D eigenvalue weighted by Crippen LogP contribution is 2.23. The Bertz CT molecular complexity index is 1460. The number of aromatic nitrogens is 1. The third-order valence-corrected chi connectivity index (χ3v) is 7.25. The Hall–Kier alpha value is -4.69. The molecule has 44 heavy (non-hydrogen) atoms. The van der Waals surface area contributed by atoms with Crippen molar-refractivity contribution in [1.29, 1.82) is 0 Å². The molecule has 8 nitrogen and oxygen atoms in total. The first kappa shape index (κ1) is 32.2. The van der Waals surface area contributed by atoms with Crippen LogP contribution in [0, 0.1) is 0 Å². The van der Waals surface area contributed by atoms with E-state index >= 15 is 0 Å². The third kappa shape index (κ3) is 9.95. The largest absolute Gasteiger partial charge is 0.465 e. The Morgan fingerprint density at radius 1 is 0.818 bits per heavy atom. The number of nitrogens with one attached hydrogen (secondary N) is 1. The Balaban J connectivity index is 1.61. The number of hydrogen-bond donors (Lipinski definition) is 3. The summed E-state index contributed by atoms with van der Waals surface area (Å²) in [7, 11) is 0. The van der Waals surface area contributed by atoms with Crippen molar-refractivity contribution < 1.29 is 24.5 Å². The SMILES string of the molecule is CC(C)(C)OC(=O)N[C@@H](Cc1ccccc1)[C@@H](O)C[C@H](Cc1ccc(-c2ccccn2)cc1)N(Cc1ccccc1)C(=O)O. The molecular formula is C36H41N3O5. The monoisotopic (exact) mass is 595 g/mol. The van der Waals surface area contributed by atoms with Gasteiger partial charge in [0.15, 0.2) is 0 Å². The number of pyridine rings is 1.